The van der Waals surface area contributed by atoms with Gasteiger partial charge in [0.15, 0.2) is 7.14 Å². The van der Waals surface area contributed by atoms with Gasteiger partial charge in [-0.05, 0) is 34.9 Å². The van der Waals surface area contributed by atoms with Gasteiger partial charge in [0.1, 0.15) is 0 Å². The van der Waals surface area contributed by atoms with Crippen LogP contribution < -0.4 is 0 Å². The molecule has 0 saturated heterocycles. The Hall–Kier alpha value is -1.42. The van der Waals surface area contributed by atoms with Crippen LogP contribution in [-0.2, 0) is 17.4 Å². The van der Waals surface area contributed by atoms with E-state index in [0.717, 1.165) is 18.6 Å². The molecule has 2 rings (SSSR count). The first-order valence-electron chi connectivity index (χ1n) is 8.02. The van der Waals surface area contributed by atoms with Crippen molar-refractivity contribution in [3.63, 3.8) is 0 Å². The van der Waals surface area contributed by atoms with Gasteiger partial charge in [0.25, 0.3) is 0 Å². The van der Waals surface area contributed by atoms with Gasteiger partial charge < -0.3 is 4.57 Å². The second kappa shape index (κ2) is 9.66. The van der Waals surface area contributed by atoms with Crippen LogP contribution >= 0.6 is 18.9 Å². The summed E-state index contributed by atoms with van der Waals surface area (Å²) in [6.07, 6.45) is 3.00. The van der Waals surface area contributed by atoms with E-state index in [-0.39, 0.29) is 0 Å². The molecule has 0 amide bonds. The van der Waals surface area contributed by atoms with Crippen LogP contribution in [0.1, 0.15) is 18.1 Å². The molecule has 0 radical (unpaired) electrons. The minimum Gasteiger partial charge on any atom is -0.310 e. The van der Waals surface area contributed by atoms with E-state index < -0.39 is 7.14 Å². The molecule has 0 fully saturated rings. The van der Waals surface area contributed by atoms with Crippen molar-refractivity contribution in [2.45, 2.75) is 19.8 Å². The fraction of sp³-hybridized carbons (Fsp3) is 0.300. The van der Waals surface area contributed by atoms with Crippen molar-refractivity contribution in [1.82, 2.24) is 0 Å². The number of hydrogen-bond donors (Lipinski definition) is 0. The van der Waals surface area contributed by atoms with E-state index in [4.69, 9.17) is 0 Å². The molecule has 0 unspecified atom stereocenters. The molecule has 0 aliphatic carbocycles. The lowest BCUT2D eigenvalue weighted by Gasteiger charge is -2.12. The summed E-state index contributed by atoms with van der Waals surface area (Å²) in [6, 6.07) is 20.5. The Labute approximate surface area is 144 Å². The third-order valence-corrected chi connectivity index (χ3v) is 6.77. The lowest BCUT2D eigenvalue weighted by atomic mass is 10.2. The van der Waals surface area contributed by atoms with Gasteiger partial charge in [0.2, 0.25) is 0 Å². The van der Waals surface area contributed by atoms with Gasteiger partial charge in [-0.3, -0.25) is 0 Å². The van der Waals surface area contributed by atoms with E-state index in [0.29, 0.717) is 12.3 Å². The monoisotopic (exact) mass is 342 g/mol. The largest absolute Gasteiger partial charge is 0.310 e. The van der Waals surface area contributed by atoms with Gasteiger partial charge >= 0.3 is 0 Å². The van der Waals surface area contributed by atoms with Crippen LogP contribution in [0.2, 0.25) is 0 Å². The first-order valence-corrected chi connectivity index (χ1v) is 11.1. The molecule has 0 aliphatic heterocycles. The fourth-order valence-corrected chi connectivity index (χ4v) is 5.07. The van der Waals surface area contributed by atoms with Gasteiger partial charge in [0, 0.05) is 18.1 Å². The average Bonchev–Trinajstić information content (AvgIpc) is 2.61. The van der Waals surface area contributed by atoms with E-state index in [1.54, 1.807) is 11.8 Å². The van der Waals surface area contributed by atoms with Crippen molar-refractivity contribution in [3.8, 4) is 10.9 Å². The minimum atomic E-state index is -2.46. The Morgan fingerprint density at radius 1 is 0.870 bits per heavy atom. The van der Waals surface area contributed by atoms with Crippen molar-refractivity contribution < 1.29 is 4.57 Å². The molecule has 0 aliphatic rings. The van der Waals surface area contributed by atoms with Gasteiger partial charge in [-0.25, -0.2) is 0 Å². The number of hydrogen-bond acceptors (Lipinski definition) is 2. The first-order chi connectivity index (χ1) is 11.2. The predicted octanol–water partition coefficient (Wildman–Crippen LogP) is 5.51. The second-order valence-electron chi connectivity index (χ2n) is 5.45. The topological polar surface area (TPSA) is 17.1 Å². The highest BCUT2D eigenvalue weighted by atomic mass is 32.2. The van der Waals surface area contributed by atoms with Crippen LogP contribution in [0.3, 0.4) is 0 Å². The zero-order valence-electron chi connectivity index (χ0n) is 13.6. The molecule has 2 aromatic carbocycles. The summed E-state index contributed by atoms with van der Waals surface area (Å²) in [6.45, 7) is 2.07. The average molecular weight is 342 g/mol. The number of rotatable bonds is 7. The Morgan fingerprint density at radius 2 is 1.35 bits per heavy atom. The smallest absolute Gasteiger partial charge is 0.156 e. The predicted molar refractivity (Wildman–Crippen MR) is 104 cm³/mol. The van der Waals surface area contributed by atoms with Crippen LogP contribution in [0.4, 0.5) is 0 Å². The Morgan fingerprint density at radius 3 is 1.78 bits per heavy atom. The third-order valence-electron chi connectivity index (χ3n) is 3.67. The molecule has 2 aromatic rings. The van der Waals surface area contributed by atoms with Gasteiger partial charge in [0.05, 0.1) is 0 Å². The van der Waals surface area contributed by atoms with Gasteiger partial charge in [-0.2, -0.15) is 0 Å². The number of aryl methyl sites for hydroxylation is 2. The maximum Gasteiger partial charge on any atom is 0.156 e. The van der Waals surface area contributed by atoms with Crippen LogP contribution in [0.5, 0.6) is 0 Å². The number of thioether (sulfide) groups is 1. The normalized spacial score (nSPS) is 10.8. The van der Waals surface area contributed by atoms with E-state index in [1.165, 1.54) is 11.1 Å². The van der Waals surface area contributed by atoms with E-state index in [9.17, 15) is 4.57 Å². The van der Waals surface area contributed by atoms with Crippen LogP contribution in [0.15, 0.2) is 60.7 Å². The molecule has 0 heterocycles. The molecule has 0 aromatic heterocycles. The molecule has 1 nitrogen and oxygen atoms in total. The summed E-state index contributed by atoms with van der Waals surface area (Å²) in [5, 5.41) is 3.05. The molecule has 0 spiro atoms. The summed E-state index contributed by atoms with van der Waals surface area (Å²) >= 11 is 1.54. The second-order valence-corrected chi connectivity index (χ2v) is 9.42. The summed E-state index contributed by atoms with van der Waals surface area (Å²) in [5.74, 6) is 0.935. The molecular weight excluding hydrogens is 319 g/mol. The summed E-state index contributed by atoms with van der Waals surface area (Å²) < 4.78 is 13.2. The Kier molecular flexibility index (Phi) is 7.53. The Bertz CT molecular complexity index is 638. The van der Waals surface area contributed by atoms with Gasteiger partial charge in [-0.15, -0.1) is 0 Å². The molecule has 0 bridgehead atoms. The molecule has 120 valence electrons. The summed E-state index contributed by atoms with van der Waals surface area (Å²) in [5.41, 5.74) is 5.57. The SMILES string of the molecule is CCSC#CP(=O)(CCc1ccccc1)CCc1ccccc1. The fourth-order valence-electron chi connectivity index (χ4n) is 2.32. The van der Waals surface area contributed by atoms with Crippen molar-refractivity contribution in [2.24, 2.45) is 0 Å². The zero-order chi connectivity index (χ0) is 16.4. The highest BCUT2D eigenvalue weighted by Gasteiger charge is 2.19. The standard InChI is InChI=1S/C20H23OPS/c1-2-23-18-17-22(21,15-13-19-9-5-3-6-10-19)16-14-20-11-7-4-8-12-20/h3-12H,2,13-16H2,1H3. The van der Waals surface area contributed by atoms with Crippen molar-refractivity contribution >= 4 is 18.9 Å². The molecule has 0 N–H and O–H groups in total. The maximum absolute atomic E-state index is 13.2. The van der Waals surface area contributed by atoms with Crippen molar-refractivity contribution in [2.75, 3.05) is 18.1 Å². The third kappa shape index (κ3) is 6.69. The quantitative estimate of drug-likeness (QED) is 0.488. The van der Waals surface area contributed by atoms with Crippen LogP contribution in [0.25, 0.3) is 0 Å². The zero-order valence-corrected chi connectivity index (χ0v) is 15.3. The van der Waals surface area contributed by atoms with E-state index >= 15 is 0 Å². The van der Waals surface area contributed by atoms with Gasteiger partial charge in [-0.1, -0.05) is 79.3 Å². The van der Waals surface area contributed by atoms with Crippen molar-refractivity contribution in [1.29, 1.82) is 0 Å². The lowest BCUT2D eigenvalue weighted by Crippen LogP contribution is -2.00. The molecule has 0 saturated carbocycles. The van der Waals surface area contributed by atoms with Crippen LogP contribution in [0, 0.1) is 10.9 Å². The highest BCUT2D eigenvalue weighted by molar-refractivity contribution is 8.04. The van der Waals surface area contributed by atoms with Crippen molar-refractivity contribution in [3.05, 3.63) is 71.8 Å². The summed E-state index contributed by atoms with van der Waals surface area (Å²) in [4.78, 5) is 0. The lowest BCUT2D eigenvalue weighted by molar-refractivity contribution is 0.580. The highest BCUT2D eigenvalue weighted by Crippen LogP contribution is 2.45. The molecule has 3 heteroatoms. The Balaban J connectivity index is 2.02. The first kappa shape index (κ1) is 17.9. The van der Waals surface area contributed by atoms with Crippen LogP contribution in [-0.4, -0.2) is 18.1 Å². The molecule has 23 heavy (non-hydrogen) atoms. The van der Waals surface area contributed by atoms with E-state index in [1.807, 2.05) is 36.4 Å². The molecule has 0 atom stereocenters. The maximum atomic E-state index is 13.2. The molecular formula is C20H23OPS. The number of benzene rings is 2. The van der Waals surface area contributed by atoms with E-state index in [2.05, 4.69) is 42.1 Å². The summed E-state index contributed by atoms with van der Waals surface area (Å²) in [7, 11) is -2.46. The minimum absolute atomic E-state index is 0.668.